The number of oxazole rings is 1. The number of hydrogen-bond donors (Lipinski definition) is 1. The molecule has 3 aromatic rings. The Morgan fingerprint density at radius 2 is 1.96 bits per heavy atom. The third kappa shape index (κ3) is 2.99. The number of aromatic nitrogens is 1. The van der Waals surface area contributed by atoms with E-state index in [0.29, 0.717) is 11.6 Å². The molecule has 0 spiro atoms. The smallest absolute Gasteiger partial charge is 0.181 e. The van der Waals surface area contributed by atoms with Crippen molar-refractivity contribution in [2.24, 2.45) is 10.7 Å². The van der Waals surface area contributed by atoms with Gasteiger partial charge in [0, 0.05) is 16.2 Å². The third-order valence-corrected chi connectivity index (χ3v) is 9.75. The zero-order valence-electron chi connectivity index (χ0n) is 16.1. The van der Waals surface area contributed by atoms with E-state index in [1.54, 1.807) is 17.5 Å². The van der Waals surface area contributed by atoms with Gasteiger partial charge < -0.3 is 10.2 Å². The van der Waals surface area contributed by atoms with E-state index in [1.165, 1.54) is 6.39 Å². The number of amidine groups is 1. The van der Waals surface area contributed by atoms with E-state index in [-0.39, 0.29) is 0 Å². The molecule has 146 valence electrons. The summed E-state index contributed by atoms with van der Waals surface area (Å²) in [6, 6.07) is 10.2. The highest BCUT2D eigenvalue weighted by molar-refractivity contribution is 8.02. The average Bonchev–Trinajstić information content (AvgIpc) is 3.32. The Hall–Kier alpha value is -2.38. The Morgan fingerprint density at radius 3 is 2.64 bits per heavy atom. The maximum atomic E-state index is 13.2. The van der Waals surface area contributed by atoms with Gasteiger partial charge in [0.25, 0.3) is 0 Å². The fourth-order valence-electron chi connectivity index (χ4n) is 3.36. The summed E-state index contributed by atoms with van der Waals surface area (Å²) in [6.45, 7) is 5.70. The van der Waals surface area contributed by atoms with Crippen molar-refractivity contribution in [3.63, 3.8) is 0 Å². The van der Waals surface area contributed by atoms with Gasteiger partial charge in [-0.3, -0.25) is 9.20 Å². The van der Waals surface area contributed by atoms with Crippen LogP contribution in [-0.4, -0.2) is 31.4 Å². The lowest BCUT2D eigenvalue weighted by Crippen LogP contribution is -2.54. The number of rotatable bonds is 3. The highest BCUT2D eigenvalue weighted by Gasteiger charge is 2.45. The maximum Gasteiger partial charge on any atom is 0.181 e. The Morgan fingerprint density at radius 1 is 1.21 bits per heavy atom. The standard InChI is InChI=1S/C21H23N3O2S2/c1-20(2)19(22)24-21(3,12-28(20,4)25)18-9-16(11-27-18)14-6-5-7-15(8-14)17-10-23-13-26-17/h5-11,13H,4,12H2,1-3H3,(H2,22,24)/t21-,28?/m0/s1. The van der Waals surface area contributed by atoms with Gasteiger partial charge in [-0.2, -0.15) is 0 Å². The molecule has 2 atom stereocenters. The van der Waals surface area contributed by atoms with Crippen LogP contribution in [0.2, 0.25) is 0 Å². The Labute approximate surface area is 169 Å². The highest BCUT2D eigenvalue weighted by atomic mass is 32.2. The van der Waals surface area contributed by atoms with Gasteiger partial charge in [-0.1, -0.05) is 18.2 Å². The first-order chi connectivity index (χ1) is 13.1. The molecular weight excluding hydrogens is 390 g/mol. The van der Waals surface area contributed by atoms with Gasteiger partial charge in [-0.25, -0.2) is 4.98 Å². The quantitative estimate of drug-likeness (QED) is 0.654. The lowest BCUT2D eigenvalue weighted by molar-refractivity contribution is 0.543. The SMILES string of the molecule is C=S1(=O)C[C@@](C)(c2cc(-c3cccc(-c4cnco4)c3)cs2)N=C(N)C1(C)C. The van der Waals surface area contributed by atoms with Crippen LogP contribution in [0.3, 0.4) is 0 Å². The molecule has 1 aliphatic heterocycles. The van der Waals surface area contributed by atoms with E-state index in [9.17, 15) is 4.21 Å². The van der Waals surface area contributed by atoms with Crippen molar-refractivity contribution < 1.29 is 8.63 Å². The van der Waals surface area contributed by atoms with Crippen molar-refractivity contribution in [2.45, 2.75) is 31.1 Å². The van der Waals surface area contributed by atoms with Crippen LogP contribution in [0.25, 0.3) is 22.5 Å². The van der Waals surface area contributed by atoms with E-state index in [1.807, 2.05) is 32.9 Å². The summed E-state index contributed by atoms with van der Waals surface area (Å²) in [5.41, 5.74) is 8.70. The summed E-state index contributed by atoms with van der Waals surface area (Å²) >= 11 is 1.60. The van der Waals surface area contributed by atoms with Crippen molar-refractivity contribution in [1.82, 2.24) is 4.98 Å². The van der Waals surface area contributed by atoms with Gasteiger partial charge >= 0.3 is 0 Å². The number of benzene rings is 1. The molecule has 0 bridgehead atoms. The van der Waals surface area contributed by atoms with Gasteiger partial charge in [0.2, 0.25) is 0 Å². The fraction of sp³-hybridized carbons (Fsp3) is 0.286. The summed E-state index contributed by atoms with van der Waals surface area (Å²) in [6.07, 6.45) is 3.13. The molecule has 0 amide bonds. The molecule has 0 fully saturated rings. The van der Waals surface area contributed by atoms with Gasteiger partial charge in [-0.05, 0) is 64.8 Å². The zero-order chi connectivity index (χ0) is 20.2. The number of nitrogens with two attached hydrogens (primary N) is 1. The molecule has 2 aromatic heterocycles. The number of thiophene rings is 1. The van der Waals surface area contributed by atoms with E-state index in [2.05, 4.69) is 34.4 Å². The maximum absolute atomic E-state index is 13.2. The summed E-state index contributed by atoms with van der Waals surface area (Å²) in [7, 11) is -2.43. The third-order valence-electron chi connectivity index (χ3n) is 5.47. The zero-order valence-corrected chi connectivity index (χ0v) is 17.8. The molecule has 1 unspecified atom stereocenters. The van der Waals surface area contributed by atoms with Gasteiger partial charge in [-0.15, -0.1) is 11.3 Å². The number of nitrogens with zero attached hydrogens (tertiary/aromatic N) is 2. The predicted octanol–water partition coefficient (Wildman–Crippen LogP) is 4.15. The Balaban J connectivity index is 1.73. The van der Waals surface area contributed by atoms with Crippen LogP contribution in [0.1, 0.15) is 25.6 Å². The minimum Gasteiger partial charge on any atom is -0.444 e. The minimum absolute atomic E-state index is 0.381. The van der Waals surface area contributed by atoms with Gasteiger partial charge in [0.15, 0.2) is 12.2 Å². The molecule has 7 heteroatoms. The van der Waals surface area contributed by atoms with Crippen molar-refractivity contribution in [3.05, 3.63) is 53.2 Å². The number of hydrogen-bond acceptors (Lipinski definition) is 6. The molecule has 0 saturated heterocycles. The second kappa shape index (κ2) is 6.32. The topological polar surface area (TPSA) is 81.5 Å². The Bertz CT molecular complexity index is 1160. The average molecular weight is 414 g/mol. The number of aliphatic imine (C=N–C) groups is 1. The largest absolute Gasteiger partial charge is 0.444 e. The van der Waals surface area contributed by atoms with Crippen LogP contribution < -0.4 is 5.73 Å². The van der Waals surface area contributed by atoms with E-state index >= 15 is 0 Å². The first-order valence-corrected chi connectivity index (χ1v) is 11.7. The van der Waals surface area contributed by atoms with Crippen molar-refractivity contribution in [1.29, 1.82) is 0 Å². The van der Waals surface area contributed by atoms with Crippen molar-refractivity contribution in [2.75, 3.05) is 5.75 Å². The molecular formula is C21H23N3O2S2. The van der Waals surface area contributed by atoms with E-state index in [0.717, 1.165) is 27.3 Å². The molecule has 28 heavy (non-hydrogen) atoms. The predicted molar refractivity (Wildman–Crippen MR) is 118 cm³/mol. The van der Waals surface area contributed by atoms with Crippen LogP contribution >= 0.6 is 11.3 Å². The van der Waals surface area contributed by atoms with Gasteiger partial charge in [0.05, 0.1) is 10.9 Å². The van der Waals surface area contributed by atoms with Crippen molar-refractivity contribution >= 4 is 32.6 Å². The molecule has 0 radical (unpaired) electrons. The van der Waals surface area contributed by atoms with Crippen LogP contribution in [0.4, 0.5) is 0 Å². The normalized spacial score (nSPS) is 26.8. The lowest BCUT2D eigenvalue weighted by atomic mass is 9.99. The second-order valence-electron chi connectivity index (χ2n) is 7.88. The van der Waals surface area contributed by atoms with Crippen LogP contribution in [0.15, 0.2) is 57.7 Å². The molecule has 5 nitrogen and oxygen atoms in total. The molecule has 0 aliphatic carbocycles. The molecule has 1 aliphatic rings. The van der Waals surface area contributed by atoms with Gasteiger partial charge in [0.1, 0.15) is 11.4 Å². The molecule has 3 heterocycles. The molecule has 4 rings (SSSR count). The first-order valence-electron chi connectivity index (χ1n) is 8.91. The van der Waals surface area contributed by atoms with Crippen LogP contribution in [-0.2, 0) is 15.1 Å². The fourth-order valence-corrected chi connectivity index (χ4v) is 6.40. The second-order valence-corrected chi connectivity index (χ2v) is 11.7. The highest BCUT2D eigenvalue weighted by Crippen LogP contribution is 2.41. The van der Waals surface area contributed by atoms with E-state index in [4.69, 9.17) is 15.1 Å². The lowest BCUT2D eigenvalue weighted by Gasteiger charge is -2.40. The summed E-state index contributed by atoms with van der Waals surface area (Å²) in [5.74, 6) is 5.53. The summed E-state index contributed by atoms with van der Waals surface area (Å²) < 4.78 is 17.9. The van der Waals surface area contributed by atoms with Crippen LogP contribution in [0, 0.1) is 0 Å². The Kier molecular flexibility index (Phi) is 4.28. The summed E-state index contributed by atoms with van der Waals surface area (Å²) in [4.78, 5) is 9.77. The monoisotopic (exact) mass is 413 g/mol. The van der Waals surface area contributed by atoms with Crippen molar-refractivity contribution in [3.8, 4) is 22.5 Å². The minimum atomic E-state index is -2.43. The molecule has 2 N–H and O–H groups in total. The first kappa shape index (κ1) is 19.0. The molecule has 1 aromatic carbocycles. The summed E-state index contributed by atoms with van der Waals surface area (Å²) in [5, 5.41) is 2.09. The van der Waals surface area contributed by atoms with E-state index < -0.39 is 19.8 Å². The molecule has 0 saturated carbocycles. The van der Waals surface area contributed by atoms with Crippen LogP contribution in [0.5, 0.6) is 0 Å².